The van der Waals surface area contributed by atoms with Crippen LogP contribution in [0.3, 0.4) is 0 Å². The predicted octanol–water partition coefficient (Wildman–Crippen LogP) is 3.50. The molecule has 0 saturated carbocycles. The number of aromatic nitrogens is 1. The highest BCUT2D eigenvalue weighted by Gasteiger charge is 2.14. The summed E-state index contributed by atoms with van der Waals surface area (Å²) in [7, 11) is 0. The van der Waals surface area contributed by atoms with Gasteiger partial charge in [0.1, 0.15) is 0 Å². The minimum absolute atomic E-state index is 0.106. The second-order valence-electron chi connectivity index (χ2n) is 5.61. The Kier molecular flexibility index (Phi) is 3.95. The second kappa shape index (κ2) is 6.04. The minimum atomic E-state index is -0.106. The number of aromatic amines is 1. The SMILES string of the molecule is CC[C@@H]1CC=C(NNC(=O)c2c[nH]c3ccccc23)CC1. The molecular weight excluding hydrogens is 262 g/mol. The first kappa shape index (κ1) is 13.7. The van der Waals surface area contributed by atoms with Crippen LogP contribution in [0, 0.1) is 5.92 Å². The Balaban J connectivity index is 1.63. The van der Waals surface area contributed by atoms with Crippen LogP contribution in [0.2, 0.25) is 0 Å². The molecule has 4 heteroatoms. The molecule has 1 aromatic heterocycles. The fraction of sp³-hybridized carbons (Fsp3) is 0.353. The maximum absolute atomic E-state index is 12.3. The van der Waals surface area contributed by atoms with Crippen LogP contribution < -0.4 is 10.9 Å². The molecule has 3 rings (SSSR count). The number of carbonyl (C=O) groups excluding carboxylic acids is 1. The molecule has 0 aliphatic heterocycles. The Labute approximate surface area is 124 Å². The summed E-state index contributed by atoms with van der Waals surface area (Å²) in [4.78, 5) is 15.4. The molecule has 1 amide bonds. The van der Waals surface area contributed by atoms with Crippen LogP contribution in [-0.2, 0) is 0 Å². The first-order valence-corrected chi connectivity index (χ1v) is 7.59. The van der Waals surface area contributed by atoms with Crippen LogP contribution in [0.25, 0.3) is 10.9 Å². The van der Waals surface area contributed by atoms with E-state index < -0.39 is 0 Å². The Morgan fingerprint density at radius 1 is 1.38 bits per heavy atom. The standard InChI is InChI=1S/C17H21N3O/c1-2-12-7-9-13(10-8-12)19-20-17(21)15-11-18-16-6-4-3-5-14(15)16/h3-6,9,11-12,18-19H,2,7-8,10H2,1H3,(H,20,21)/t12-/m1/s1. The summed E-state index contributed by atoms with van der Waals surface area (Å²) in [5.41, 5.74) is 8.63. The van der Waals surface area contributed by atoms with Crippen LogP contribution in [0.1, 0.15) is 43.0 Å². The lowest BCUT2D eigenvalue weighted by atomic mass is 9.91. The van der Waals surface area contributed by atoms with Crippen LogP contribution >= 0.6 is 0 Å². The van der Waals surface area contributed by atoms with E-state index in [0.29, 0.717) is 5.56 Å². The summed E-state index contributed by atoms with van der Waals surface area (Å²) in [6.45, 7) is 2.23. The van der Waals surface area contributed by atoms with Gasteiger partial charge < -0.3 is 10.4 Å². The van der Waals surface area contributed by atoms with Gasteiger partial charge in [-0.2, -0.15) is 0 Å². The quantitative estimate of drug-likeness (QED) is 0.752. The summed E-state index contributed by atoms with van der Waals surface area (Å²) in [5, 5.41) is 0.945. The predicted molar refractivity (Wildman–Crippen MR) is 84.6 cm³/mol. The molecule has 0 bridgehead atoms. The third-order valence-electron chi connectivity index (χ3n) is 4.27. The van der Waals surface area contributed by atoms with Gasteiger partial charge in [-0.15, -0.1) is 0 Å². The first-order valence-electron chi connectivity index (χ1n) is 7.59. The molecule has 1 aliphatic carbocycles. The van der Waals surface area contributed by atoms with Gasteiger partial charge in [0, 0.05) is 22.8 Å². The van der Waals surface area contributed by atoms with Crippen LogP contribution in [-0.4, -0.2) is 10.9 Å². The van der Waals surface area contributed by atoms with E-state index in [0.717, 1.165) is 35.4 Å². The summed E-state index contributed by atoms with van der Waals surface area (Å²) in [5.74, 6) is 0.686. The van der Waals surface area contributed by atoms with E-state index in [-0.39, 0.29) is 5.91 Å². The van der Waals surface area contributed by atoms with E-state index >= 15 is 0 Å². The molecule has 0 spiro atoms. The smallest absolute Gasteiger partial charge is 0.271 e. The third kappa shape index (κ3) is 2.94. The second-order valence-corrected chi connectivity index (χ2v) is 5.61. The fourth-order valence-corrected chi connectivity index (χ4v) is 2.84. The van der Waals surface area contributed by atoms with Gasteiger partial charge in [-0.25, -0.2) is 0 Å². The molecule has 0 unspecified atom stereocenters. The number of allylic oxidation sites excluding steroid dienone is 2. The lowest BCUT2D eigenvalue weighted by molar-refractivity contribution is 0.0939. The number of para-hydroxylation sites is 1. The highest BCUT2D eigenvalue weighted by Crippen LogP contribution is 2.24. The molecule has 1 atom stereocenters. The Morgan fingerprint density at radius 3 is 3.00 bits per heavy atom. The molecule has 1 aliphatic rings. The van der Waals surface area contributed by atoms with Crippen molar-refractivity contribution in [3.63, 3.8) is 0 Å². The molecule has 1 aromatic carbocycles. The number of H-pyrrole nitrogens is 1. The van der Waals surface area contributed by atoms with E-state index in [1.807, 2.05) is 24.3 Å². The number of hydrazine groups is 1. The molecule has 2 aromatic rings. The van der Waals surface area contributed by atoms with Gasteiger partial charge in [0.05, 0.1) is 5.56 Å². The van der Waals surface area contributed by atoms with Crippen LogP contribution in [0.15, 0.2) is 42.2 Å². The zero-order valence-electron chi connectivity index (χ0n) is 12.3. The van der Waals surface area contributed by atoms with Crippen molar-refractivity contribution in [1.82, 2.24) is 15.8 Å². The van der Waals surface area contributed by atoms with Crippen molar-refractivity contribution >= 4 is 16.8 Å². The van der Waals surface area contributed by atoms with Crippen molar-refractivity contribution < 1.29 is 4.79 Å². The number of rotatable bonds is 4. The van der Waals surface area contributed by atoms with Crippen molar-refractivity contribution in [1.29, 1.82) is 0 Å². The van der Waals surface area contributed by atoms with Crippen LogP contribution in [0.5, 0.6) is 0 Å². The number of hydrogen-bond acceptors (Lipinski definition) is 2. The van der Waals surface area contributed by atoms with Gasteiger partial charge in [0.2, 0.25) is 0 Å². The van der Waals surface area contributed by atoms with Gasteiger partial charge in [0.25, 0.3) is 5.91 Å². The fourth-order valence-electron chi connectivity index (χ4n) is 2.84. The van der Waals surface area contributed by atoms with Gasteiger partial charge >= 0.3 is 0 Å². The summed E-state index contributed by atoms with van der Waals surface area (Å²) >= 11 is 0. The Morgan fingerprint density at radius 2 is 2.24 bits per heavy atom. The normalized spacial score (nSPS) is 18.3. The van der Waals surface area contributed by atoms with Crippen molar-refractivity contribution in [2.24, 2.45) is 5.92 Å². The number of nitrogens with one attached hydrogen (secondary N) is 3. The number of hydrogen-bond donors (Lipinski definition) is 3. The molecule has 110 valence electrons. The average Bonchev–Trinajstić information content (AvgIpc) is 2.97. The number of benzene rings is 1. The van der Waals surface area contributed by atoms with E-state index in [9.17, 15) is 4.79 Å². The van der Waals surface area contributed by atoms with E-state index in [1.54, 1.807) is 6.20 Å². The summed E-state index contributed by atoms with van der Waals surface area (Å²) in [6, 6.07) is 7.81. The molecule has 1 heterocycles. The molecule has 3 N–H and O–H groups in total. The van der Waals surface area contributed by atoms with Crippen LogP contribution in [0.4, 0.5) is 0 Å². The zero-order chi connectivity index (χ0) is 14.7. The molecule has 4 nitrogen and oxygen atoms in total. The largest absolute Gasteiger partial charge is 0.360 e. The van der Waals surface area contributed by atoms with Gasteiger partial charge in [-0.3, -0.25) is 10.2 Å². The topological polar surface area (TPSA) is 56.9 Å². The number of amides is 1. The molecular formula is C17H21N3O. The van der Waals surface area contributed by atoms with E-state index in [2.05, 4.69) is 28.8 Å². The maximum Gasteiger partial charge on any atom is 0.271 e. The highest BCUT2D eigenvalue weighted by molar-refractivity contribution is 6.06. The number of fused-ring (bicyclic) bond motifs is 1. The van der Waals surface area contributed by atoms with Crippen molar-refractivity contribution in [3.8, 4) is 0 Å². The maximum atomic E-state index is 12.3. The van der Waals surface area contributed by atoms with Gasteiger partial charge in [-0.05, 0) is 31.2 Å². The summed E-state index contributed by atoms with van der Waals surface area (Å²) < 4.78 is 0. The summed E-state index contributed by atoms with van der Waals surface area (Å²) in [6.07, 6.45) is 8.48. The lowest BCUT2D eigenvalue weighted by Gasteiger charge is -2.21. The molecule has 0 saturated heterocycles. The van der Waals surface area contributed by atoms with Gasteiger partial charge in [-0.1, -0.05) is 37.6 Å². The minimum Gasteiger partial charge on any atom is -0.360 e. The molecule has 21 heavy (non-hydrogen) atoms. The zero-order valence-corrected chi connectivity index (χ0v) is 12.3. The lowest BCUT2D eigenvalue weighted by Crippen LogP contribution is -2.37. The average molecular weight is 283 g/mol. The van der Waals surface area contributed by atoms with E-state index in [4.69, 9.17) is 0 Å². The van der Waals surface area contributed by atoms with E-state index in [1.165, 1.54) is 12.8 Å². The monoisotopic (exact) mass is 283 g/mol. The first-order chi connectivity index (χ1) is 10.3. The highest BCUT2D eigenvalue weighted by atomic mass is 16.2. The molecule has 0 radical (unpaired) electrons. The van der Waals surface area contributed by atoms with Crippen molar-refractivity contribution in [2.75, 3.05) is 0 Å². The number of carbonyl (C=O) groups is 1. The third-order valence-corrected chi connectivity index (χ3v) is 4.27. The van der Waals surface area contributed by atoms with Gasteiger partial charge in [0.15, 0.2) is 0 Å². The Bertz CT molecular complexity index is 671. The Hall–Kier alpha value is -2.23. The van der Waals surface area contributed by atoms with Crippen molar-refractivity contribution in [3.05, 3.63) is 47.8 Å². The van der Waals surface area contributed by atoms with Crippen molar-refractivity contribution in [2.45, 2.75) is 32.6 Å². The molecule has 0 fully saturated rings.